The van der Waals surface area contributed by atoms with Gasteiger partial charge in [0.15, 0.2) is 5.76 Å². The van der Waals surface area contributed by atoms with Crippen molar-refractivity contribution in [2.75, 3.05) is 6.54 Å². The SMILES string of the molecule is O=C(c1ccco1)N1CCc2sccc2[C@H]1c1ccccc1. The quantitative estimate of drug-likeness (QED) is 0.713. The first-order valence-electron chi connectivity index (χ1n) is 7.30. The molecular weight excluding hydrogens is 294 g/mol. The Balaban J connectivity index is 1.79. The molecule has 0 N–H and O–H groups in total. The van der Waals surface area contributed by atoms with E-state index in [0.717, 1.165) is 12.0 Å². The number of fused-ring (bicyclic) bond motifs is 1. The van der Waals surface area contributed by atoms with Crippen LogP contribution >= 0.6 is 11.3 Å². The Morgan fingerprint density at radius 2 is 2.00 bits per heavy atom. The molecule has 1 atom stereocenters. The molecule has 0 unspecified atom stereocenters. The lowest BCUT2D eigenvalue weighted by Gasteiger charge is -2.35. The summed E-state index contributed by atoms with van der Waals surface area (Å²) in [7, 11) is 0. The summed E-state index contributed by atoms with van der Waals surface area (Å²) in [6, 6.07) is 15.8. The average molecular weight is 309 g/mol. The topological polar surface area (TPSA) is 33.5 Å². The van der Waals surface area contributed by atoms with Crippen LogP contribution in [0.3, 0.4) is 0 Å². The number of nitrogens with zero attached hydrogens (tertiary/aromatic N) is 1. The molecule has 3 nitrogen and oxygen atoms in total. The Morgan fingerprint density at radius 3 is 2.77 bits per heavy atom. The lowest BCUT2D eigenvalue weighted by molar-refractivity contribution is 0.0663. The third kappa shape index (κ3) is 2.16. The van der Waals surface area contributed by atoms with Crippen LogP contribution in [0.5, 0.6) is 0 Å². The van der Waals surface area contributed by atoms with Gasteiger partial charge in [-0.05, 0) is 41.1 Å². The van der Waals surface area contributed by atoms with Crippen molar-refractivity contribution < 1.29 is 9.21 Å². The van der Waals surface area contributed by atoms with E-state index in [9.17, 15) is 4.79 Å². The van der Waals surface area contributed by atoms with Crippen LogP contribution in [0.25, 0.3) is 0 Å². The van der Waals surface area contributed by atoms with Crippen LogP contribution in [0.2, 0.25) is 0 Å². The maximum Gasteiger partial charge on any atom is 0.290 e. The molecule has 4 heteroatoms. The van der Waals surface area contributed by atoms with Gasteiger partial charge in [-0.25, -0.2) is 0 Å². The second kappa shape index (κ2) is 5.46. The Hall–Kier alpha value is -2.33. The van der Waals surface area contributed by atoms with Gasteiger partial charge in [0.05, 0.1) is 12.3 Å². The van der Waals surface area contributed by atoms with Crippen molar-refractivity contribution >= 4 is 17.2 Å². The number of hydrogen-bond donors (Lipinski definition) is 0. The summed E-state index contributed by atoms with van der Waals surface area (Å²) in [5.74, 6) is 0.357. The molecule has 1 amide bonds. The van der Waals surface area contributed by atoms with E-state index in [1.165, 1.54) is 10.4 Å². The van der Waals surface area contributed by atoms with Gasteiger partial charge in [0.25, 0.3) is 5.91 Å². The molecule has 0 aliphatic carbocycles. The zero-order valence-corrected chi connectivity index (χ0v) is 12.8. The van der Waals surface area contributed by atoms with Crippen molar-refractivity contribution in [3.8, 4) is 0 Å². The Labute approximate surface area is 132 Å². The molecular formula is C18H15NO2S. The van der Waals surface area contributed by atoms with Crippen LogP contribution in [0.15, 0.2) is 64.6 Å². The van der Waals surface area contributed by atoms with Crippen molar-refractivity contribution in [3.63, 3.8) is 0 Å². The van der Waals surface area contributed by atoms with Gasteiger partial charge in [-0.15, -0.1) is 11.3 Å². The maximum atomic E-state index is 12.8. The van der Waals surface area contributed by atoms with E-state index in [-0.39, 0.29) is 11.9 Å². The van der Waals surface area contributed by atoms with Gasteiger partial charge in [-0.1, -0.05) is 30.3 Å². The number of hydrogen-bond acceptors (Lipinski definition) is 3. The summed E-state index contributed by atoms with van der Waals surface area (Å²) >= 11 is 1.77. The number of rotatable bonds is 2. The van der Waals surface area contributed by atoms with E-state index < -0.39 is 0 Å². The fourth-order valence-electron chi connectivity index (χ4n) is 3.07. The first-order valence-corrected chi connectivity index (χ1v) is 8.18. The summed E-state index contributed by atoms with van der Waals surface area (Å²) < 4.78 is 5.31. The van der Waals surface area contributed by atoms with Gasteiger partial charge >= 0.3 is 0 Å². The number of carbonyl (C=O) groups is 1. The fraction of sp³-hybridized carbons (Fsp3) is 0.167. The molecule has 22 heavy (non-hydrogen) atoms. The van der Waals surface area contributed by atoms with E-state index in [2.05, 4.69) is 23.6 Å². The van der Waals surface area contributed by atoms with Crippen LogP contribution in [-0.4, -0.2) is 17.4 Å². The van der Waals surface area contributed by atoms with Crippen molar-refractivity contribution in [2.24, 2.45) is 0 Å². The second-order valence-electron chi connectivity index (χ2n) is 5.34. The third-order valence-electron chi connectivity index (χ3n) is 4.07. The van der Waals surface area contributed by atoms with Gasteiger partial charge in [-0.3, -0.25) is 4.79 Å². The molecule has 1 aliphatic rings. The van der Waals surface area contributed by atoms with Crippen molar-refractivity contribution in [1.29, 1.82) is 0 Å². The first kappa shape index (κ1) is 13.3. The lowest BCUT2D eigenvalue weighted by Crippen LogP contribution is -2.39. The Morgan fingerprint density at radius 1 is 1.14 bits per heavy atom. The molecule has 0 bridgehead atoms. The lowest BCUT2D eigenvalue weighted by atomic mass is 9.93. The Kier molecular flexibility index (Phi) is 3.31. The molecule has 0 radical (unpaired) electrons. The summed E-state index contributed by atoms with van der Waals surface area (Å²) in [6.45, 7) is 0.715. The predicted molar refractivity (Wildman–Crippen MR) is 86.1 cm³/mol. The van der Waals surface area contributed by atoms with Crippen LogP contribution in [0, 0.1) is 0 Å². The minimum absolute atomic E-state index is 0.0335. The molecule has 2 aromatic heterocycles. The van der Waals surface area contributed by atoms with Gasteiger partial charge in [-0.2, -0.15) is 0 Å². The van der Waals surface area contributed by atoms with Crippen molar-refractivity contribution in [3.05, 3.63) is 81.9 Å². The minimum atomic E-state index is -0.0456. The zero-order chi connectivity index (χ0) is 14.9. The molecule has 4 rings (SSSR count). The van der Waals surface area contributed by atoms with Crippen LogP contribution in [0.4, 0.5) is 0 Å². The standard InChI is InChI=1S/C18H15NO2S/c20-18(15-7-4-11-21-15)19-10-8-16-14(9-12-22-16)17(19)13-5-2-1-3-6-13/h1-7,9,11-12,17H,8,10H2/t17-/m1/s1. The molecule has 3 heterocycles. The highest BCUT2D eigenvalue weighted by Crippen LogP contribution is 2.38. The van der Waals surface area contributed by atoms with Gasteiger partial charge in [0.1, 0.15) is 0 Å². The summed E-state index contributed by atoms with van der Waals surface area (Å²) in [5.41, 5.74) is 2.38. The fourth-order valence-corrected chi connectivity index (χ4v) is 3.98. The number of amides is 1. The first-order chi connectivity index (χ1) is 10.8. The van der Waals surface area contributed by atoms with Gasteiger partial charge in [0.2, 0.25) is 0 Å². The third-order valence-corrected chi connectivity index (χ3v) is 5.07. The molecule has 110 valence electrons. The number of furan rings is 1. The normalized spacial score (nSPS) is 17.3. The highest BCUT2D eigenvalue weighted by molar-refractivity contribution is 7.10. The molecule has 0 spiro atoms. The number of thiophene rings is 1. The molecule has 1 aromatic carbocycles. The number of benzene rings is 1. The van der Waals surface area contributed by atoms with Crippen molar-refractivity contribution in [2.45, 2.75) is 12.5 Å². The van der Waals surface area contributed by atoms with Crippen molar-refractivity contribution in [1.82, 2.24) is 4.90 Å². The zero-order valence-electron chi connectivity index (χ0n) is 11.9. The Bertz CT molecular complexity index is 777. The molecule has 3 aromatic rings. The monoisotopic (exact) mass is 309 g/mol. The van der Waals surface area contributed by atoms with Gasteiger partial charge in [0, 0.05) is 11.4 Å². The largest absolute Gasteiger partial charge is 0.459 e. The number of carbonyl (C=O) groups excluding carboxylic acids is 1. The second-order valence-corrected chi connectivity index (χ2v) is 6.34. The van der Waals surface area contributed by atoms with E-state index in [1.54, 1.807) is 29.7 Å². The summed E-state index contributed by atoms with van der Waals surface area (Å²) in [6.07, 6.45) is 2.45. The smallest absolute Gasteiger partial charge is 0.290 e. The summed E-state index contributed by atoms with van der Waals surface area (Å²) in [5, 5.41) is 2.11. The molecule has 0 fully saturated rings. The highest BCUT2D eigenvalue weighted by Gasteiger charge is 2.34. The molecule has 0 saturated carbocycles. The minimum Gasteiger partial charge on any atom is -0.459 e. The molecule has 1 aliphatic heterocycles. The summed E-state index contributed by atoms with van der Waals surface area (Å²) in [4.78, 5) is 16.1. The van der Waals surface area contributed by atoms with E-state index in [4.69, 9.17) is 4.42 Å². The maximum absolute atomic E-state index is 12.8. The highest BCUT2D eigenvalue weighted by atomic mass is 32.1. The van der Waals surface area contributed by atoms with Crippen LogP contribution in [0.1, 0.15) is 32.6 Å². The van der Waals surface area contributed by atoms with E-state index in [1.807, 2.05) is 23.1 Å². The average Bonchev–Trinajstić information content (AvgIpc) is 3.25. The predicted octanol–water partition coefficient (Wildman–Crippen LogP) is 4.13. The van der Waals surface area contributed by atoms with Crippen LogP contribution in [-0.2, 0) is 6.42 Å². The van der Waals surface area contributed by atoms with Gasteiger partial charge < -0.3 is 9.32 Å². The van der Waals surface area contributed by atoms with E-state index >= 15 is 0 Å². The van der Waals surface area contributed by atoms with Crippen LogP contribution < -0.4 is 0 Å². The molecule has 0 saturated heterocycles. The van der Waals surface area contributed by atoms with E-state index in [0.29, 0.717) is 12.3 Å².